The minimum Gasteiger partial charge on any atom is -0.450 e. The Hall–Kier alpha value is -2.67. The smallest absolute Gasteiger partial charge is 0.339 e. The third kappa shape index (κ3) is 4.06. The van der Waals surface area contributed by atoms with Crippen LogP contribution in [0.4, 0.5) is 11.4 Å². The highest BCUT2D eigenvalue weighted by molar-refractivity contribution is 5.91. The number of methoxy groups -OCH3 is 1. The maximum atomic E-state index is 12.2. The predicted octanol–water partition coefficient (Wildman–Crippen LogP) is -0.247. The van der Waals surface area contributed by atoms with Crippen molar-refractivity contribution in [2.24, 2.45) is 0 Å². The zero-order valence-corrected chi connectivity index (χ0v) is 12.8. The van der Waals surface area contributed by atoms with Gasteiger partial charge in [-0.15, -0.1) is 0 Å². The summed E-state index contributed by atoms with van der Waals surface area (Å²) in [6, 6.07) is 2.28. The van der Waals surface area contributed by atoms with E-state index >= 15 is 0 Å². The molecule has 0 aliphatic carbocycles. The van der Waals surface area contributed by atoms with E-state index in [-0.39, 0.29) is 6.61 Å². The lowest BCUT2D eigenvalue weighted by molar-refractivity contribution is -0.394. The van der Waals surface area contributed by atoms with Crippen LogP contribution in [0.2, 0.25) is 0 Å². The first kappa shape index (κ1) is 18.7. The molecule has 1 aromatic carbocycles. The average Bonchev–Trinajstić information content (AvgIpc) is 2.58. The average molecular weight is 358 g/mol. The van der Waals surface area contributed by atoms with Gasteiger partial charge in [-0.05, 0) is 0 Å². The highest BCUT2D eigenvalue weighted by Crippen LogP contribution is 2.25. The Kier molecular flexibility index (Phi) is 5.58. The fraction of sp³-hybridized carbons (Fsp3) is 0.462. The Balaban J connectivity index is 2.30. The van der Waals surface area contributed by atoms with Gasteiger partial charge in [-0.25, -0.2) is 4.79 Å². The number of ether oxygens (including phenoxy) is 3. The van der Waals surface area contributed by atoms with E-state index in [1.807, 2.05) is 0 Å². The second-order valence-corrected chi connectivity index (χ2v) is 5.12. The monoisotopic (exact) mass is 358 g/mol. The number of hydrogen-bond donors (Lipinski definition) is 2. The van der Waals surface area contributed by atoms with E-state index in [2.05, 4.69) is 0 Å². The number of nitrogens with zero attached hydrogens (tertiary/aromatic N) is 2. The second-order valence-electron chi connectivity index (χ2n) is 5.12. The van der Waals surface area contributed by atoms with Crippen LogP contribution < -0.4 is 0 Å². The molecule has 25 heavy (non-hydrogen) atoms. The van der Waals surface area contributed by atoms with Crippen molar-refractivity contribution in [2.45, 2.75) is 24.6 Å². The van der Waals surface area contributed by atoms with E-state index in [9.17, 15) is 35.2 Å². The molecule has 0 radical (unpaired) electrons. The van der Waals surface area contributed by atoms with Crippen molar-refractivity contribution >= 4 is 17.3 Å². The SMILES string of the molecule is CO[C@@H]1OC[C@@H](O)[C@H](O)[C@H]1OC(=O)c1cc([N+](=O)[O-])cc([N+](=O)[O-])c1. The minimum atomic E-state index is -1.53. The number of carbonyl (C=O) groups excluding carboxylic acids is 1. The number of esters is 1. The van der Waals surface area contributed by atoms with E-state index in [4.69, 9.17) is 14.2 Å². The van der Waals surface area contributed by atoms with Gasteiger partial charge in [0.25, 0.3) is 11.4 Å². The van der Waals surface area contributed by atoms with Crippen molar-refractivity contribution in [3.05, 3.63) is 44.0 Å². The standard InChI is InChI=1S/C13H14N2O10/c1-23-13-11(10(17)9(16)5-24-13)25-12(18)6-2-7(14(19)20)4-8(3-6)15(21)22/h2-4,9-11,13,16-17H,5H2,1H3/t9-,10+,11-,13-/m1/s1. The van der Waals surface area contributed by atoms with Gasteiger partial charge in [-0.3, -0.25) is 20.2 Å². The molecule has 1 saturated heterocycles. The quantitative estimate of drug-likeness (QED) is 0.406. The summed E-state index contributed by atoms with van der Waals surface area (Å²) in [5, 5.41) is 41.2. The zero-order valence-electron chi connectivity index (χ0n) is 12.8. The normalized spacial score (nSPS) is 26.0. The Bertz CT molecular complexity index is 659. The van der Waals surface area contributed by atoms with Gasteiger partial charge < -0.3 is 24.4 Å². The van der Waals surface area contributed by atoms with Gasteiger partial charge in [-0.1, -0.05) is 0 Å². The number of carbonyl (C=O) groups is 1. The molecule has 0 amide bonds. The third-order valence-electron chi connectivity index (χ3n) is 3.47. The Morgan fingerprint density at radius 3 is 2.24 bits per heavy atom. The Labute approximate surface area is 139 Å². The summed E-state index contributed by atoms with van der Waals surface area (Å²) in [4.78, 5) is 32.1. The molecule has 2 N–H and O–H groups in total. The molecular formula is C13H14N2O10. The van der Waals surface area contributed by atoms with Crippen molar-refractivity contribution in [1.82, 2.24) is 0 Å². The maximum Gasteiger partial charge on any atom is 0.339 e. The highest BCUT2D eigenvalue weighted by atomic mass is 16.7. The minimum absolute atomic E-state index is 0.254. The van der Waals surface area contributed by atoms with Crippen LogP contribution in [0, 0.1) is 20.2 Å². The van der Waals surface area contributed by atoms with E-state index in [0.29, 0.717) is 6.07 Å². The number of benzene rings is 1. The summed E-state index contributed by atoms with van der Waals surface area (Å²) in [7, 11) is 1.22. The maximum absolute atomic E-state index is 12.2. The molecule has 0 spiro atoms. The van der Waals surface area contributed by atoms with E-state index in [1.54, 1.807) is 0 Å². The molecule has 4 atom stereocenters. The first-order valence-electron chi connectivity index (χ1n) is 6.90. The Morgan fingerprint density at radius 1 is 1.20 bits per heavy atom. The summed E-state index contributed by atoms with van der Waals surface area (Å²) in [6.45, 7) is -0.254. The summed E-state index contributed by atoms with van der Waals surface area (Å²) in [5.74, 6) is -1.18. The van der Waals surface area contributed by atoms with E-state index in [0.717, 1.165) is 12.1 Å². The van der Waals surface area contributed by atoms with Gasteiger partial charge in [0.2, 0.25) is 0 Å². The molecule has 1 fully saturated rings. The van der Waals surface area contributed by atoms with Crippen LogP contribution in [0.3, 0.4) is 0 Å². The third-order valence-corrected chi connectivity index (χ3v) is 3.47. The molecule has 1 heterocycles. The molecule has 0 saturated carbocycles. The lowest BCUT2D eigenvalue weighted by Gasteiger charge is -2.36. The number of non-ortho nitro benzene ring substituents is 2. The lowest BCUT2D eigenvalue weighted by Crippen LogP contribution is -2.55. The molecule has 1 aliphatic heterocycles. The summed E-state index contributed by atoms with van der Waals surface area (Å²) < 4.78 is 14.9. The molecule has 0 aromatic heterocycles. The number of nitro benzene ring substituents is 2. The first-order chi connectivity index (χ1) is 11.7. The van der Waals surface area contributed by atoms with Gasteiger partial charge in [0.05, 0.1) is 28.1 Å². The summed E-state index contributed by atoms with van der Waals surface area (Å²) in [5.41, 5.74) is -1.82. The van der Waals surface area contributed by atoms with Crippen molar-refractivity contribution in [2.75, 3.05) is 13.7 Å². The molecule has 12 nitrogen and oxygen atoms in total. The fourth-order valence-corrected chi connectivity index (χ4v) is 2.21. The topological polar surface area (TPSA) is 172 Å². The molecule has 12 heteroatoms. The molecule has 0 unspecified atom stereocenters. The van der Waals surface area contributed by atoms with Crippen molar-refractivity contribution in [1.29, 1.82) is 0 Å². The number of hydrogen-bond acceptors (Lipinski definition) is 10. The number of aliphatic hydroxyl groups is 2. The van der Waals surface area contributed by atoms with Gasteiger partial charge in [0, 0.05) is 19.2 Å². The van der Waals surface area contributed by atoms with E-state index in [1.165, 1.54) is 7.11 Å². The van der Waals surface area contributed by atoms with Crippen LogP contribution >= 0.6 is 0 Å². The van der Waals surface area contributed by atoms with Gasteiger partial charge in [-0.2, -0.15) is 0 Å². The van der Waals surface area contributed by atoms with Gasteiger partial charge >= 0.3 is 5.97 Å². The van der Waals surface area contributed by atoms with Crippen LogP contribution in [0.1, 0.15) is 10.4 Å². The molecule has 1 aromatic rings. The van der Waals surface area contributed by atoms with Crippen molar-refractivity contribution < 1.29 is 39.1 Å². The van der Waals surface area contributed by atoms with Crippen LogP contribution in [0.25, 0.3) is 0 Å². The number of aliphatic hydroxyl groups excluding tert-OH is 2. The molecule has 0 bridgehead atoms. The van der Waals surface area contributed by atoms with Crippen LogP contribution in [-0.2, 0) is 14.2 Å². The lowest BCUT2D eigenvalue weighted by atomic mass is 10.1. The predicted molar refractivity (Wildman–Crippen MR) is 77.7 cm³/mol. The number of nitro groups is 2. The van der Waals surface area contributed by atoms with Gasteiger partial charge in [0.15, 0.2) is 12.4 Å². The van der Waals surface area contributed by atoms with Gasteiger partial charge in [0.1, 0.15) is 12.2 Å². The number of rotatable bonds is 5. The Morgan fingerprint density at radius 2 is 1.76 bits per heavy atom. The molecular weight excluding hydrogens is 344 g/mol. The van der Waals surface area contributed by atoms with E-state index < -0.39 is 57.4 Å². The fourth-order valence-electron chi connectivity index (χ4n) is 2.21. The van der Waals surface area contributed by atoms with Crippen molar-refractivity contribution in [3.8, 4) is 0 Å². The zero-order chi connectivity index (χ0) is 18.7. The highest BCUT2D eigenvalue weighted by Gasteiger charge is 2.42. The first-order valence-corrected chi connectivity index (χ1v) is 6.90. The largest absolute Gasteiger partial charge is 0.450 e. The summed E-state index contributed by atoms with van der Waals surface area (Å²) >= 11 is 0. The van der Waals surface area contributed by atoms with Crippen LogP contribution in [0.5, 0.6) is 0 Å². The molecule has 2 rings (SSSR count). The molecule has 1 aliphatic rings. The second kappa shape index (κ2) is 7.48. The summed E-state index contributed by atoms with van der Waals surface area (Å²) in [6.07, 6.45) is -5.49. The van der Waals surface area contributed by atoms with Crippen molar-refractivity contribution in [3.63, 3.8) is 0 Å². The van der Waals surface area contributed by atoms with Crippen LogP contribution in [-0.4, -0.2) is 64.3 Å². The molecule has 136 valence electrons. The van der Waals surface area contributed by atoms with Crippen LogP contribution in [0.15, 0.2) is 18.2 Å².